The van der Waals surface area contributed by atoms with Crippen LogP contribution in [0, 0.1) is 11.8 Å². The van der Waals surface area contributed by atoms with Crippen molar-refractivity contribution in [3.05, 3.63) is 42.2 Å². The van der Waals surface area contributed by atoms with Crippen LogP contribution in [0.5, 0.6) is 5.75 Å². The lowest BCUT2D eigenvalue weighted by Gasteiger charge is -2.25. The SMILES string of the molecule is CCCCCCCc1cnc(-c2ccc(OCCC[C@H]3CC[C@H](C)CC3)cc2)nc1. The van der Waals surface area contributed by atoms with E-state index in [1.165, 1.54) is 69.8 Å². The van der Waals surface area contributed by atoms with E-state index in [-0.39, 0.29) is 0 Å². The molecule has 0 radical (unpaired) electrons. The molecule has 30 heavy (non-hydrogen) atoms. The van der Waals surface area contributed by atoms with E-state index in [4.69, 9.17) is 4.74 Å². The molecular formula is C27H40N2O. The lowest BCUT2D eigenvalue weighted by atomic mass is 9.81. The van der Waals surface area contributed by atoms with Crippen LogP contribution in [-0.4, -0.2) is 16.6 Å². The van der Waals surface area contributed by atoms with Gasteiger partial charge in [0.15, 0.2) is 5.82 Å². The van der Waals surface area contributed by atoms with Gasteiger partial charge >= 0.3 is 0 Å². The van der Waals surface area contributed by atoms with Gasteiger partial charge in [-0.2, -0.15) is 0 Å². The third kappa shape index (κ3) is 7.74. The van der Waals surface area contributed by atoms with Crippen LogP contribution < -0.4 is 4.74 Å². The average molecular weight is 409 g/mol. The number of hydrogen-bond donors (Lipinski definition) is 0. The Bertz CT molecular complexity index is 703. The molecule has 0 unspecified atom stereocenters. The van der Waals surface area contributed by atoms with Crippen molar-refractivity contribution in [1.82, 2.24) is 9.97 Å². The number of hydrogen-bond acceptors (Lipinski definition) is 3. The van der Waals surface area contributed by atoms with Crippen LogP contribution in [0.4, 0.5) is 0 Å². The Kier molecular flexibility index (Phi) is 9.66. The lowest BCUT2D eigenvalue weighted by molar-refractivity contribution is 0.245. The van der Waals surface area contributed by atoms with Crippen LogP contribution in [0.15, 0.2) is 36.7 Å². The Morgan fingerprint density at radius 3 is 2.27 bits per heavy atom. The molecule has 1 aliphatic rings. The van der Waals surface area contributed by atoms with E-state index in [9.17, 15) is 0 Å². The molecule has 1 saturated carbocycles. The molecule has 1 fully saturated rings. The van der Waals surface area contributed by atoms with Gasteiger partial charge in [0.1, 0.15) is 5.75 Å². The summed E-state index contributed by atoms with van der Waals surface area (Å²) in [5.74, 6) is 3.60. The molecular weight excluding hydrogens is 368 g/mol. The minimum atomic E-state index is 0.794. The van der Waals surface area contributed by atoms with Crippen LogP contribution >= 0.6 is 0 Å². The highest BCUT2D eigenvalue weighted by Gasteiger charge is 2.17. The third-order valence-electron chi connectivity index (χ3n) is 6.55. The number of benzene rings is 1. The van der Waals surface area contributed by atoms with Gasteiger partial charge in [-0.25, -0.2) is 9.97 Å². The number of ether oxygens (including phenoxy) is 1. The number of unbranched alkanes of at least 4 members (excludes halogenated alkanes) is 4. The van der Waals surface area contributed by atoms with Crippen LogP contribution in [-0.2, 0) is 6.42 Å². The maximum Gasteiger partial charge on any atom is 0.159 e. The van der Waals surface area contributed by atoms with Gasteiger partial charge in [-0.3, -0.25) is 0 Å². The Balaban J connectivity index is 1.37. The summed E-state index contributed by atoms with van der Waals surface area (Å²) in [5.41, 5.74) is 2.29. The fourth-order valence-corrected chi connectivity index (χ4v) is 4.45. The van der Waals surface area contributed by atoms with Crippen LogP contribution in [0.3, 0.4) is 0 Å². The predicted octanol–water partition coefficient (Wildman–Crippen LogP) is 7.64. The minimum absolute atomic E-state index is 0.794. The van der Waals surface area contributed by atoms with Crippen LogP contribution in [0.25, 0.3) is 11.4 Å². The first-order valence-electron chi connectivity index (χ1n) is 12.3. The summed E-state index contributed by atoms with van der Waals surface area (Å²) in [7, 11) is 0. The molecule has 1 aliphatic carbocycles. The van der Waals surface area contributed by atoms with E-state index in [2.05, 4.69) is 35.9 Å². The quantitative estimate of drug-likeness (QED) is 0.338. The summed E-state index contributed by atoms with van der Waals surface area (Å²) < 4.78 is 5.96. The number of aromatic nitrogens is 2. The van der Waals surface area contributed by atoms with Crippen LogP contribution in [0.2, 0.25) is 0 Å². The molecule has 0 amide bonds. The predicted molar refractivity (Wildman–Crippen MR) is 126 cm³/mol. The van der Waals surface area contributed by atoms with Crippen molar-refractivity contribution in [3.8, 4) is 17.1 Å². The van der Waals surface area contributed by atoms with E-state index in [0.29, 0.717) is 0 Å². The zero-order chi connectivity index (χ0) is 21.0. The highest BCUT2D eigenvalue weighted by atomic mass is 16.5. The zero-order valence-corrected chi connectivity index (χ0v) is 19.1. The molecule has 0 saturated heterocycles. The smallest absolute Gasteiger partial charge is 0.159 e. The normalized spacial score (nSPS) is 19.0. The maximum absolute atomic E-state index is 5.96. The number of nitrogens with zero attached hydrogens (tertiary/aromatic N) is 2. The minimum Gasteiger partial charge on any atom is -0.494 e. The topological polar surface area (TPSA) is 35.0 Å². The van der Waals surface area contributed by atoms with Gasteiger partial charge in [-0.05, 0) is 67.3 Å². The second-order valence-electron chi connectivity index (χ2n) is 9.22. The van der Waals surface area contributed by atoms with Crippen molar-refractivity contribution >= 4 is 0 Å². The van der Waals surface area contributed by atoms with Crippen molar-refractivity contribution in [2.75, 3.05) is 6.61 Å². The van der Waals surface area contributed by atoms with Gasteiger partial charge in [0.25, 0.3) is 0 Å². The van der Waals surface area contributed by atoms with E-state index in [1.807, 2.05) is 24.5 Å². The van der Waals surface area contributed by atoms with Crippen molar-refractivity contribution < 1.29 is 4.74 Å². The van der Waals surface area contributed by atoms with Gasteiger partial charge in [0.05, 0.1) is 6.61 Å². The van der Waals surface area contributed by atoms with Crippen molar-refractivity contribution in [1.29, 1.82) is 0 Å². The van der Waals surface area contributed by atoms with E-state index < -0.39 is 0 Å². The van der Waals surface area contributed by atoms with E-state index in [0.717, 1.165) is 48.4 Å². The zero-order valence-electron chi connectivity index (χ0n) is 19.1. The van der Waals surface area contributed by atoms with E-state index in [1.54, 1.807) is 0 Å². The average Bonchev–Trinajstić information content (AvgIpc) is 2.79. The first-order chi connectivity index (χ1) is 14.7. The summed E-state index contributed by atoms with van der Waals surface area (Å²) in [4.78, 5) is 9.15. The van der Waals surface area contributed by atoms with Gasteiger partial charge < -0.3 is 4.74 Å². The summed E-state index contributed by atoms with van der Waals surface area (Å²) in [5, 5.41) is 0. The summed E-state index contributed by atoms with van der Waals surface area (Å²) in [6.07, 6.45) is 19.7. The maximum atomic E-state index is 5.96. The standard InChI is InChI=1S/C27H40N2O/c1-3-4-5-6-7-9-24-20-28-27(29-21-24)25-15-17-26(18-16-25)30-19-8-10-23-13-11-22(2)12-14-23/h15-18,20-23H,3-14,19H2,1-2H3/t22-,23-. The van der Waals surface area contributed by atoms with Gasteiger partial charge in [-0.15, -0.1) is 0 Å². The Labute approximate surface area is 183 Å². The first kappa shape index (κ1) is 22.8. The molecule has 0 atom stereocenters. The molecule has 1 aromatic heterocycles. The Hall–Kier alpha value is -1.90. The second-order valence-corrected chi connectivity index (χ2v) is 9.22. The lowest BCUT2D eigenvalue weighted by Crippen LogP contribution is -2.13. The molecule has 0 aliphatic heterocycles. The van der Waals surface area contributed by atoms with Crippen molar-refractivity contribution in [2.24, 2.45) is 11.8 Å². The molecule has 0 spiro atoms. The molecule has 2 aromatic rings. The Morgan fingerprint density at radius 1 is 0.867 bits per heavy atom. The fraction of sp³-hybridized carbons (Fsp3) is 0.630. The molecule has 164 valence electrons. The first-order valence-corrected chi connectivity index (χ1v) is 12.3. The van der Waals surface area contributed by atoms with Crippen molar-refractivity contribution in [2.45, 2.75) is 90.9 Å². The summed E-state index contributed by atoms with van der Waals surface area (Å²) in [6, 6.07) is 8.22. The van der Waals surface area contributed by atoms with Gasteiger partial charge in [-0.1, -0.05) is 65.2 Å². The fourth-order valence-electron chi connectivity index (χ4n) is 4.45. The highest BCUT2D eigenvalue weighted by molar-refractivity contribution is 5.55. The van der Waals surface area contributed by atoms with Gasteiger partial charge in [0.2, 0.25) is 0 Å². The summed E-state index contributed by atoms with van der Waals surface area (Å²) in [6.45, 7) is 5.45. The number of aryl methyl sites for hydroxylation is 1. The molecule has 1 heterocycles. The largest absolute Gasteiger partial charge is 0.494 e. The molecule has 3 heteroatoms. The van der Waals surface area contributed by atoms with E-state index >= 15 is 0 Å². The monoisotopic (exact) mass is 408 g/mol. The third-order valence-corrected chi connectivity index (χ3v) is 6.55. The summed E-state index contributed by atoms with van der Waals surface area (Å²) >= 11 is 0. The molecule has 0 N–H and O–H groups in total. The number of rotatable bonds is 12. The second kappa shape index (κ2) is 12.7. The molecule has 0 bridgehead atoms. The van der Waals surface area contributed by atoms with Crippen LogP contribution in [0.1, 0.15) is 90.0 Å². The van der Waals surface area contributed by atoms with Gasteiger partial charge in [0, 0.05) is 18.0 Å². The molecule has 3 nitrogen and oxygen atoms in total. The molecule has 3 rings (SSSR count). The Morgan fingerprint density at radius 2 is 1.57 bits per heavy atom. The highest BCUT2D eigenvalue weighted by Crippen LogP contribution is 2.31. The molecule has 1 aromatic carbocycles. The van der Waals surface area contributed by atoms with Crippen molar-refractivity contribution in [3.63, 3.8) is 0 Å².